The van der Waals surface area contributed by atoms with E-state index in [1.54, 1.807) is 0 Å². The van der Waals surface area contributed by atoms with E-state index in [0.717, 1.165) is 12.5 Å². The highest BCUT2D eigenvalue weighted by Crippen LogP contribution is 2.19. The quantitative estimate of drug-likeness (QED) is 0.752. The Labute approximate surface area is 100.0 Å². The minimum Gasteiger partial charge on any atom is -0.312 e. The lowest BCUT2D eigenvalue weighted by Crippen LogP contribution is -2.41. The van der Waals surface area contributed by atoms with Gasteiger partial charge in [-0.2, -0.15) is 0 Å². The van der Waals surface area contributed by atoms with E-state index >= 15 is 0 Å². The first kappa shape index (κ1) is 12.3. The van der Waals surface area contributed by atoms with Crippen molar-refractivity contribution in [2.45, 2.75) is 44.7 Å². The van der Waals surface area contributed by atoms with Gasteiger partial charge in [0, 0.05) is 24.7 Å². The van der Waals surface area contributed by atoms with Crippen molar-refractivity contribution in [3.05, 3.63) is 0 Å². The van der Waals surface area contributed by atoms with Gasteiger partial charge in [-0.1, -0.05) is 0 Å². The highest BCUT2D eigenvalue weighted by molar-refractivity contribution is 4.93. The molecule has 2 fully saturated rings. The third-order valence-corrected chi connectivity index (χ3v) is 4.00. The number of piperidine rings is 1. The van der Waals surface area contributed by atoms with Gasteiger partial charge >= 0.3 is 0 Å². The summed E-state index contributed by atoms with van der Waals surface area (Å²) >= 11 is 0. The van der Waals surface area contributed by atoms with E-state index in [9.17, 15) is 0 Å². The third kappa shape index (κ3) is 3.44. The summed E-state index contributed by atoms with van der Waals surface area (Å²) < 4.78 is 0. The highest BCUT2D eigenvalue weighted by Gasteiger charge is 2.30. The minimum atomic E-state index is 0.334. The molecular weight excluding hydrogens is 198 g/mol. The molecule has 2 atom stereocenters. The molecule has 0 radical (unpaired) electrons. The van der Waals surface area contributed by atoms with Crippen molar-refractivity contribution >= 4 is 0 Å². The van der Waals surface area contributed by atoms with Crippen LogP contribution in [0.25, 0.3) is 0 Å². The van der Waals surface area contributed by atoms with Crippen molar-refractivity contribution in [1.29, 1.82) is 0 Å². The van der Waals surface area contributed by atoms with Gasteiger partial charge in [0.2, 0.25) is 0 Å². The number of hydrogen-bond donors (Lipinski definition) is 2. The Morgan fingerprint density at radius 2 is 2.25 bits per heavy atom. The Morgan fingerprint density at radius 1 is 1.44 bits per heavy atom. The van der Waals surface area contributed by atoms with E-state index in [-0.39, 0.29) is 0 Å². The lowest BCUT2D eigenvalue weighted by atomic mass is 9.97. The molecule has 0 saturated carbocycles. The van der Waals surface area contributed by atoms with Gasteiger partial charge < -0.3 is 15.5 Å². The maximum absolute atomic E-state index is 3.74. The summed E-state index contributed by atoms with van der Waals surface area (Å²) in [6.07, 6.45) is 4.04. The maximum atomic E-state index is 3.74. The zero-order chi connectivity index (χ0) is 11.6. The average molecular weight is 225 g/mol. The molecule has 94 valence electrons. The molecule has 16 heavy (non-hydrogen) atoms. The van der Waals surface area contributed by atoms with Gasteiger partial charge in [0.05, 0.1) is 0 Å². The first-order valence-corrected chi connectivity index (χ1v) is 6.72. The van der Waals surface area contributed by atoms with Gasteiger partial charge in [0.1, 0.15) is 0 Å². The average Bonchev–Trinajstić information content (AvgIpc) is 2.56. The Kier molecular flexibility index (Phi) is 3.88. The van der Waals surface area contributed by atoms with E-state index in [1.165, 1.54) is 38.9 Å². The fourth-order valence-electron chi connectivity index (χ4n) is 3.08. The molecule has 2 N–H and O–H groups in total. The summed E-state index contributed by atoms with van der Waals surface area (Å²) in [5.74, 6) is 0.863. The van der Waals surface area contributed by atoms with Crippen LogP contribution in [0.4, 0.5) is 0 Å². The van der Waals surface area contributed by atoms with Crippen LogP contribution < -0.4 is 10.6 Å². The van der Waals surface area contributed by atoms with E-state index in [2.05, 4.69) is 36.4 Å². The molecule has 2 heterocycles. The van der Waals surface area contributed by atoms with E-state index in [1.807, 2.05) is 0 Å². The molecule has 3 nitrogen and oxygen atoms in total. The highest BCUT2D eigenvalue weighted by atomic mass is 15.1. The van der Waals surface area contributed by atoms with Crippen molar-refractivity contribution in [2.75, 3.05) is 33.2 Å². The number of likely N-dealkylation sites (tertiary alicyclic amines) is 1. The Hall–Kier alpha value is -0.120. The van der Waals surface area contributed by atoms with Gasteiger partial charge in [-0.3, -0.25) is 0 Å². The van der Waals surface area contributed by atoms with Crippen LogP contribution in [0.5, 0.6) is 0 Å². The summed E-state index contributed by atoms with van der Waals surface area (Å²) in [5, 5.41) is 7.31. The molecule has 2 saturated heterocycles. The maximum Gasteiger partial charge on any atom is 0.0210 e. The normalized spacial score (nSPS) is 35.4. The molecule has 2 unspecified atom stereocenters. The molecule has 0 aromatic carbocycles. The first-order chi connectivity index (χ1) is 7.55. The van der Waals surface area contributed by atoms with Crippen molar-refractivity contribution in [2.24, 2.45) is 5.92 Å². The molecular formula is C13H27N3. The lowest BCUT2D eigenvalue weighted by Gasteiger charge is -2.30. The Morgan fingerprint density at radius 3 is 2.88 bits per heavy atom. The van der Waals surface area contributed by atoms with E-state index in [4.69, 9.17) is 0 Å². The summed E-state index contributed by atoms with van der Waals surface area (Å²) in [7, 11) is 2.24. The number of nitrogens with zero attached hydrogens (tertiary/aromatic N) is 1. The van der Waals surface area contributed by atoms with Crippen LogP contribution in [0.1, 0.15) is 33.1 Å². The molecule has 0 aliphatic carbocycles. The lowest BCUT2D eigenvalue weighted by molar-refractivity contribution is 0.203. The molecule has 0 aromatic rings. The second kappa shape index (κ2) is 5.03. The topological polar surface area (TPSA) is 27.3 Å². The predicted molar refractivity (Wildman–Crippen MR) is 68.7 cm³/mol. The molecule has 3 heteroatoms. The zero-order valence-electron chi connectivity index (χ0n) is 11.1. The van der Waals surface area contributed by atoms with Gasteiger partial charge in [-0.15, -0.1) is 0 Å². The number of hydrogen-bond acceptors (Lipinski definition) is 3. The van der Waals surface area contributed by atoms with Crippen LogP contribution in [0.3, 0.4) is 0 Å². The van der Waals surface area contributed by atoms with Crippen molar-refractivity contribution in [1.82, 2.24) is 15.5 Å². The van der Waals surface area contributed by atoms with Crippen LogP contribution in [0.15, 0.2) is 0 Å². The Balaban J connectivity index is 1.68. The summed E-state index contributed by atoms with van der Waals surface area (Å²) in [6.45, 7) is 9.49. The summed E-state index contributed by atoms with van der Waals surface area (Å²) in [5.41, 5.74) is 0.334. The van der Waals surface area contributed by atoms with Gasteiger partial charge in [0.15, 0.2) is 0 Å². The fraction of sp³-hybridized carbons (Fsp3) is 1.00. The molecule has 2 aliphatic heterocycles. The van der Waals surface area contributed by atoms with Gasteiger partial charge in [-0.05, 0) is 59.2 Å². The summed E-state index contributed by atoms with van der Waals surface area (Å²) in [4.78, 5) is 2.46. The van der Waals surface area contributed by atoms with Gasteiger partial charge in [0.25, 0.3) is 0 Å². The van der Waals surface area contributed by atoms with Crippen LogP contribution in [-0.2, 0) is 0 Å². The van der Waals surface area contributed by atoms with E-state index < -0.39 is 0 Å². The van der Waals surface area contributed by atoms with Crippen molar-refractivity contribution in [3.63, 3.8) is 0 Å². The molecule has 0 bridgehead atoms. The number of nitrogens with one attached hydrogen (secondary N) is 2. The van der Waals surface area contributed by atoms with Crippen LogP contribution in [0, 0.1) is 5.92 Å². The molecule has 0 spiro atoms. The fourth-order valence-corrected chi connectivity index (χ4v) is 3.08. The predicted octanol–water partition coefficient (Wildman–Crippen LogP) is 1.06. The molecule has 0 amide bonds. The largest absolute Gasteiger partial charge is 0.312 e. The standard InChI is InChI=1S/C13H27N3/c1-13(2)7-12(9-15-13)14-8-11-5-4-6-16(3)10-11/h11-12,14-15H,4-10H2,1-3H3. The molecule has 2 rings (SSSR count). The van der Waals surface area contributed by atoms with Crippen LogP contribution >= 0.6 is 0 Å². The first-order valence-electron chi connectivity index (χ1n) is 6.72. The van der Waals surface area contributed by atoms with Crippen molar-refractivity contribution < 1.29 is 0 Å². The van der Waals surface area contributed by atoms with E-state index in [0.29, 0.717) is 11.6 Å². The molecule has 2 aliphatic rings. The smallest absolute Gasteiger partial charge is 0.0210 e. The van der Waals surface area contributed by atoms with Crippen molar-refractivity contribution in [3.8, 4) is 0 Å². The van der Waals surface area contributed by atoms with Crippen LogP contribution in [-0.4, -0.2) is 49.7 Å². The second-order valence-corrected chi connectivity index (χ2v) is 6.34. The third-order valence-electron chi connectivity index (χ3n) is 4.00. The van der Waals surface area contributed by atoms with Gasteiger partial charge in [-0.25, -0.2) is 0 Å². The monoisotopic (exact) mass is 225 g/mol. The SMILES string of the molecule is CN1CCCC(CNC2CNC(C)(C)C2)C1. The number of rotatable bonds is 3. The van der Waals surface area contributed by atoms with Crippen LogP contribution in [0.2, 0.25) is 0 Å². The summed E-state index contributed by atoms with van der Waals surface area (Å²) in [6, 6.07) is 0.683. The zero-order valence-corrected chi connectivity index (χ0v) is 11.1. The second-order valence-electron chi connectivity index (χ2n) is 6.34. The minimum absolute atomic E-state index is 0.334. The molecule has 0 aromatic heterocycles. The Bertz CT molecular complexity index is 225.